The first-order chi connectivity index (χ1) is 9.50. The number of nitrogens with zero attached hydrogens (tertiary/aromatic N) is 2. The normalized spacial score (nSPS) is 14.2. The molecule has 0 spiro atoms. The van der Waals surface area contributed by atoms with Crippen molar-refractivity contribution >= 4 is 11.8 Å². The van der Waals surface area contributed by atoms with E-state index in [0.717, 1.165) is 0 Å². The average molecular weight is 297 g/mol. The molecule has 2 aromatic rings. The van der Waals surface area contributed by atoms with Gasteiger partial charge in [-0.2, -0.15) is 4.98 Å². The molecule has 0 radical (unpaired) electrons. The minimum absolute atomic E-state index is 0.106. The molecule has 0 saturated carbocycles. The fourth-order valence-corrected chi connectivity index (χ4v) is 2.31. The highest BCUT2D eigenvalue weighted by molar-refractivity contribution is 7.98. The zero-order valence-electron chi connectivity index (χ0n) is 11.0. The van der Waals surface area contributed by atoms with E-state index in [9.17, 15) is 9.50 Å². The Kier molecular flexibility index (Phi) is 4.74. The van der Waals surface area contributed by atoms with Gasteiger partial charge in [0.15, 0.2) is 5.82 Å². The average Bonchev–Trinajstić information content (AvgIpc) is 2.85. The predicted octanol–water partition coefficient (Wildman–Crippen LogP) is 1.75. The summed E-state index contributed by atoms with van der Waals surface area (Å²) in [5.74, 6) is 0.910. The smallest absolute Gasteiger partial charge is 0.229 e. The van der Waals surface area contributed by atoms with Crippen molar-refractivity contribution in [3.63, 3.8) is 0 Å². The number of benzene rings is 1. The minimum Gasteiger partial charge on any atom is -0.388 e. The fourth-order valence-electron chi connectivity index (χ4n) is 1.52. The van der Waals surface area contributed by atoms with Crippen molar-refractivity contribution in [3.8, 4) is 0 Å². The Morgan fingerprint density at radius 2 is 2.20 bits per heavy atom. The number of halogens is 1. The van der Waals surface area contributed by atoms with Crippen LogP contribution in [0.25, 0.3) is 0 Å². The van der Waals surface area contributed by atoms with Crippen LogP contribution < -0.4 is 5.73 Å². The topological polar surface area (TPSA) is 85.2 Å². The van der Waals surface area contributed by atoms with Crippen LogP contribution in [-0.2, 0) is 12.2 Å². The Bertz CT molecular complexity index is 574. The maximum Gasteiger partial charge on any atom is 0.229 e. The summed E-state index contributed by atoms with van der Waals surface area (Å²) in [6, 6.07) is 6.51. The van der Waals surface area contributed by atoms with E-state index < -0.39 is 5.60 Å². The molecule has 2 rings (SSSR count). The second kappa shape index (κ2) is 6.34. The van der Waals surface area contributed by atoms with Gasteiger partial charge < -0.3 is 15.4 Å². The lowest BCUT2D eigenvalue weighted by molar-refractivity contribution is 0.0610. The van der Waals surface area contributed by atoms with Crippen molar-refractivity contribution in [3.05, 3.63) is 41.8 Å². The second-order valence-corrected chi connectivity index (χ2v) is 5.72. The summed E-state index contributed by atoms with van der Waals surface area (Å²) >= 11 is 1.29. The van der Waals surface area contributed by atoms with Gasteiger partial charge in [-0.1, -0.05) is 17.3 Å². The SMILES string of the molecule is CC(O)(CN)Cc1nc(CSc2ccccc2F)no1. The van der Waals surface area contributed by atoms with Gasteiger partial charge in [0, 0.05) is 11.4 Å². The van der Waals surface area contributed by atoms with E-state index in [1.54, 1.807) is 25.1 Å². The summed E-state index contributed by atoms with van der Waals surface area (Å²) in [6.45, 7) is 1.71. The number of aromatic nitrogens is 2. The second-order valence-electron chi connectivity index (χ2n) is 4.70. The van der Waals surface area contributed by atoms with Crippen LogP contribution in [0.15, 0.2) is 33.7 Å². The van der Waals surface area contributed by atoms with Crippen molar-refractivity contribution in [2.45, 2.75) is 29.6 Å². The molecule has 0 fully saturated rings. The summed E-state index contributed by atoms with van der Waals surface area (Å²) in [7, 11) is 0. The van der Waals surface area contributed by atoms with E-state index in [-0.39, 0.29) is 18.8 Å². The van der Waals surface area contributed by atoms with Gasteiger partial charge in [0.25, 0.3) is 0 Å². The Morgan fingerprint density at radius 1 is 1.45 bits per heavy atom. The van der Waals surface area contributed by atoms with Gasteiger partial charge in [0.2, 0.25) is 5.89 Å². The van der Waals surface area contributed by atoms with E-state index in [0.29, 0.717) is 22.4 Å². The summed E-state index contributed by atoms with van der Waals surface area (Å²) in [6.07, 6.45) is 0.195. The lowest BCUT2D eigenvalue weighted by Gasteiger charge is -2.17. The molecule has 1 heterocycles. The summed E-state index contributed by atoms with van der Waals surface area (Å²) in [4.78, 5) is 4.69. The molecule has 0 bridgehead atoms. The molecule has 7 heteroatoms. The molecule has 0 aliphatic heterocycles. The maximum atomic E-state index is 13.4. The lowest BCUT2D eigenvalue weighted by Crippen LogP contribution is -2.36. The highest BCUT2D eigenvalue weighted by Crippen LogP contribution is 2.24. The van der Waals surface area contributed by atoms with Crippen molar-refractivity contribution in [1.82, 2.24) is 10.1 Å². The highest BCUT2D eigenvalue weighted by atomic mass is 32.2. The minimum atomic E-state index is -1.07. The predicted molar refractivity (Wildman–Crippen MR) is 73.6 cm³/mol. The molecular formula is C13H16FN3O2S. The standard InChI is InChI=1S/C13H16FN3O2S/c1-13(18,8-15)6-12-16-11(17-19-12)7-20-10-5-3-2-4-9(10)14/h2-5,18H,6-8,15H2,1H3. The van der Waals surface area contributed by atoms with Crippen LogP contribution in [0.2, 0.25) is 0 Å². The first kappa shape index (κ1) is 15.0. The molecule has 0 amide bonds. The molecule has 20 heavy (non-hydrogen) atoms. The summed E-state index contributed by atoms with van der Waals surface area (Å²) in [5, 5.41) is 13.6. The lowest BCUT2D eigenvalue weighted by atomic mass is 10.0. The third kappa shape index (κ3) is 4.03. The maximum absolute atomic E-state index is 13.4. The van der Waals surface area contributed by atoms with Crippen LogP contribution in [-0.4, -0.2) is 27.4 Å². The van der Waals surface area contributed by atoms with Gasteiger partial charge in [-0.3, -0.25) is 0 Å². The Labute approximate surface area is 120 Å². The van der Waals surface area contributed by atoms with E-state index in [1.807, 2.05) is 0 Å². The zero-order valence-corrected chi connectivity index (χ0v) is 11.9. The van der Waals surface area contributed by atoms with Crippen molar-refractivity contribution in [2.75, 3.05) is 6.54 Å². The molecule has 5 nitrogen and oxygen atoms in total. The zero-order chi connectivity index (χ0) is 14.6. The molecular weight excluding hydrogens is 281 g/mol. The highest BCUT2D eigenvalue weighted by Gasteiger charge is 2.22. The van der Waals surface area contributed by atoms with Crippen LogP contribution in [0.1, 0.15) is 18.6 Å². The number of hydrogen-bond donors (Lipinski definition) is 2. The van der Waals surface area contributed by atoms with E-state index in [1.165, 1.54) is 17.8 Å². The van der Waals surface area contributed by atoms with Crippen molar-refractivity contribution < 1.29 is 14.0 Å². The fraction of sp³-hybridized carbons (Fsp3) is 0.385. The molecule has 1 unspecified atom stereocenters. The molecule has 1 atom stereocenters. The van der Waals surface area contributed by atoms with Crippen LogP contribution in [0.4, 0.5) is 4.39 Å². The van der Waals surface area contributed by atoms with Crippen molar-refractivity contribution in [1.29, 1.82) is 0 Å². The Hall–Kier alpha value is -1.44. The summed E-state index contributed by atoms with van der Waals surface area (Å²) < 4.78 is 18.5. The van der Waals surface area contributed by atoms with Gasteiger partial charge in [-0.25, -0.2) is 4.39 Å². The van der Waals surface area contributed by atoms with Gasteiger partial charge in [0.05, 0.1) is 17.8 Å². The van der Waals surface area contributed by atoms with E-state index >= 15 is 0 Å². The molecule has 1 aromatic heterocycles. The third-order valence-electron chi connectivity index (χ3n) is 2.68. The monoisotopic (exact) mass is 297 g/mol. The van der Waals surface area contributed by atoms with E-state index in [4.69, 9.17) is 10.3 Å². The van der Waals surface area contributed by atoms with Crippen molar-refractivity contribution in [2.24, 2.45) is 5.73 Å². The van der Waals surface area contributed by atoms with Gasteiger partial charge in [-0.15, -0.1) is 11.8 Å². The Balaban J connectivity index is 1.95. The van der Waals surface area contributed by atoms with E-state index in [2.05, 4.69) is 10.1 Å². The first-order valence-corrected chi connectivity index (χ1v) is 7.10. The molecule has 1 aromatic carbocycles. The van der Waals surface area contributed by atoms with Crippen LogP contribution >= 0.6 is 11.8 Å². The third-order valence-corrected chi connectivity index (χ3v) is 3.72. The molecule has 0 aliphatic carbocycles. The largest absolute Gasteiger partial charge is 0.388 e. The number of nitrogens with two attached hydrogens (primary N) is 1. The number of thioether (sulfide) groups is 1. The first-order valence-electron chi connectivity index (χ1n) is 6.11. The molecule has 3 N–H and O–H groups in total. The Morgan fingerprint density at radius 3 is 2.90 bits per heavy atom. The quantitative estimate of drug-likeness (QED) is 0.790. The number of aliphatic hydroxyl groups is 1. The van der Waals surface area contributed by atoms with Crippen LogP contribution in [0.5, 0.6) is 0 Å². The number of hydrogen-bond acceptors (Lipinski definition) is 6. The summed E-state index contributed by atoms with van der Waals surface area (Å²) in [5.41, 5.74) is 4.36. The van der Waals surface area contributed by atoms with Crippen LogP contribution in [0.3, 0.4) is 0 Å². The molecule has 0 saturated heterocycles. The molecule has 0 aliphatic rings. The van der Waals surface area contributed by atoms with Gasteiger partial charge >= 0.3 is 0 Å². The van der Waals surface area contributed by atoms with Gasteiger partial charge in [0.1, 0.15) is 5.82 Å². The molecule has 108 valence electrons. The number of rotatable bonds is 6. The van der Waals surface area contributed by atoms with Crippen LogP contribution in [0, 0.1) is 5.82 Å². The van der Waals surface area contributed by atoms with Gasteiger partial charge in [-0.05, 0) is 19.1 Å².